The number of benzene rings is 1. The van der Waals surface area contributed by atoms with Crippen LogP contribution in [0.1, 0.15) is 24.6 Å². The molecule has 1 fully saturated rings. The Kier molecular flexibility index (Phi) is 2.27. The van der Waals surface area contributed by atoms with Gasteiger partial charge in [-0.2, -0.15) is 0 Å². The van der Waals surface area contributed by atoms with Crippen LogP contribution in [-0.4, -0.2) is 6.54 Å². The van der Waals surface area contributed by atoms with Crippen molar-refractivity contribution in [3.05, 3.63) is 35.6 Å². The minimum Gasteiger partial charge on any atom is -0.330 e. The molecule has 0 bridgehead atoms. The Labute approximate surface area is 81.9 Å². The molecule has 2 N–H and O–H groups in total. The van der Waals surface area contributed by atoms with Crippen molar-refractivity contribution in [1.82, 2.24) is 0 Å². The van der Waals surface area contributed by atoms with E-state index in [0.29, 0.717) is 12.1 Å². The molecule has 0 saturated heterocycles. The predicted octanol–water partition coefficient (Wildman–Crippen LogP) is 2.58. The van der Waals surface area contributed by atoms with Crippen LogP contribution in [0.4, 0.5) is 8.78 Å². The van der Waals surface area contributed by atoms with Gasteiger partial charge in [0.15, 0.2) is 0 Å². The molecule has 0 spiro atoms. The largest absolute Gasteiger partial charge is 0.330 e. The lowest BCUT2D eigenvalue weighted by molar-refractivity contribution is 0.217. The maximum Gasteiger partial charge on any atom is 0.132 e. The number of hydrogen-bond donors (Lipinski definition) is 1. The van der Waals surface area contributed by atoms with E-state index in [4.69, 9.17) is 5.73 Å². The molecule has 3 heteroatoms. The minimum atomic E-state index is -1.05. The van der Waals surface area contributed by atoms with Crippen molar-refractivity contribution in [2.45, 2.75) is 19.0 Å². The Morgan fingerprint density at radius 3 is 2.29 bits per heavy atom. The fourth-order valence-electron chi connectivity index (χ4n) is 1.71. The molecule has 1 atom stereocenters. The third-order valence-corrected chi connectivity index (χ3v) is 3.00. The Bertz CT molecular complexity index is 317. The lowest BCUT2D eigenvalue weighted by Gasteiger charge is -2.18. The van der Waals surface area contributed by atoms with Gasteiger partial charge in [0.2, 0.25) is 0 Å². The van der Waals surface area contributed by atoms with E-state index in [1.807, 2.05) is 0 Å². The molecule has 1 saturated carbocycles. The van der Waals surface area contributed by atoms with E-state index >= 15 is 0 Å². The van der Waals surface area contributed by atoms with Crippen molar-refractivity contribution in [3.63, 3.8) is 0 Å². The third kappa shape index (κ3) is 1.52. The molecule has 14 heavy (non-hydrogen) atoms. The van der Waals surface area contributed by atoms with E-state index in [2.05, 4.69) is 0 Å². The van der Waals surface area contributed by atoms with E-state index in [-0.39, 0.29) is 11.2 Å². The summed E-state index contributed by atoms with van der Waals surface area (Å²) in [6, 6.07) is 5.56. The van der Waals surface area contributed by atoms with Gasteiger partial charge >= 0.3 is 0 Å². The van der Waals surface area contributed by atoms with Crippen LogP contribution in [0.2, 0.25) is 0 Å². The Balaban J connectivity index is 2.19. The highest BCUT2D eigenvalue weighted by Gasteiger charge is 2.49. The molecule has 0 aromatic heterocycles. The van der Waals surface area contributed by atoms with Crippen LogP contribution in [0.3, 0.4) is 0 Å². The summed E-state index contributed by atoms with van der Waals surface area (Å²) in [4.78, 5) is 0. The molecule has 0 aliphatic heterocycles. The zero-order valence-electron chi connectivity index (χ0n) is 7.84. The second-order valence-electron chi connectivity index (χ2n) is 3.98. The fourth-order valence-corrected chi connectivity index (χ4v) is 1.71. The number of hydrogen-bond acceptors (Lipinski definition) is 1. The summed E-state index contributed by atoms with van der Waals surface area (Å²) in [5.41, 5.74) is 5.70. The summed E-state index contributed by atoms with van der Waals surface area (Å²) in [6.07, 6.45) is 0.623. The molecule has 1 aromatic carbocycles. The molecule has 76 valence electrons. The van der Waals surface area contributed by atoms with Gasteiger partial charge in [-0.1, -0.05) is 12.1 Å². The van der Waals surface area contributed by atoms with Crippen molar-refractivity contribution in [3.8, 4) is 0 Å². The first-order valence-corrected chi connectivity index (χ1v) is 4.77. The van der Waals surface area contributed by atoms with E-state index in [9.17, 15) is 8.78 Å². The molecular formula is C11H13F2N. The molecule has 0 heterocycles. The summed E-state index contributed by atoms with van der Waals surface area (Å²) >= 11 is 0. The van der Waals surface area contributed by atoms with Crippen LogP contribution in [0.25, 0.3) is 0 Å². The molecule has 1 aliphatic carbocycles. The van der Waals surface area contributed by atoms with Gasteiger partial charge in [0.25, 0.3) is 0 Å². The summed E-state index contributed by atoms with van der Waals surface area (Å²) in [7, 11) is 0. The van der Waals surface area contributed by atoms with Crippen LogP contribution in [0.15, 0.2) is 24.3 Å². The second-order valence-corrected chi connectivity index (χ2v) is 3.98. The molecule has 1 aliphatic rings. The van der Waals surface area contributed by atoms with Gasteiger partial charge in [-0.25, -0.2) is 8.78 Å². The minimum absolute atomic E-state index is 0.335. The molecule has 1 unspecified atom stereocenters. The van der Waals surface area contributed by atoms with Gasteiger partial charge in [0.1, 0.15) is 12.0 Å². The van der Waals surface area contributed by atoms with Gasteiger partial charge in [-0.3, -0.25) is 0 Å². The zero-order valence-corrected chi connectivity index (χ0v) is 7.84. The number of halogens is 2. The first-order valence-electron chi connectivity index (χ1n) is 4.77. The second kappa shape index (κ2) is 3.31. The first kappa shape index (κ1) is 9.59. The lowest BCUT2D eigenvalue weighted by atomic mass is 9.94. The normalized spacial score (nSPS) is 20.5. The summed E-state index contributed by atoms with van der Waals surface area (Å²) in [5, 5.41) is 0. The first-order chi connectivity index (χ1) is 6.68. The maximum atomic E-state index is 13.9. The molecule has 2 rings (SSSR count). The Morgan fingerprint density at radius 2 is 1.86 bits per heavy atom. The highest BCUT2D eigenvalue weighted by atomic mass is 19.1. The van der Waals surface area contributed by atoms with Crippen molar-refractivity contribution >= 4 is 0 Å². The standard InChI is InChI=1S/C11H13F2N/c12-9-3-1-8(2-4-9)10(13)11(7-14)5-6-11/h1-4,10H,5-7,14H2. The number of nitrogens with two attached hydrogens (primary N) is 1. The van der Waals surface area contributed by atoms with E-state index in [1.54, 1.807) is 0 Å². The summed E-state index contributed by atoms with van der Waals surface area (Å²) < 4.78 is 26.5. The summed E-state index contributed by atoms with van der Waals surface area (Å²) in [5.74, 6) is -0.335. The third-order valence-electron chi connectivity index (χ3n) is 3.00. The van der Waals surface area contributed by atoms with Crippen LogP contribution in [0, 0.1) is 11.2 Å². The van der Waals surface area contributed by atoms with Crippen molar-refractivity contribution < 1.29 is 8.78 Å². The highest BCUT2D eigenvalue weighted by molar-refractivity contribution is 5.23. The number of alkyl halides is 1. The fraction of sp³-hybridized carbons (Fsp3) is 0.455. The lowest BCUT2D eigenvalue weighted by Crippen LogP contribution is -2.20. The predicted molar refractivity (Wildman–Crippen MR) is 51.0 cm³/mol. The average molecular weight is 197 g/mol. The smallest absolute Gasteiger partial charge is 0.132 e. The van der Waals surface area contributed by atoms with Crippen LogP contribution in [-0.2, 0) is 0 Å². The van der Waals surface area contributed by atoms with E-state index < -0.39 is 6.17 Å². The van der Waals surface area contributed by atoms with Crippen molar-refractivity contribution in [2.24, 2.45) is 11.1 Å². The van der Waals surface area contributed by atoms with Gasteiger partial charge in [-0.15, -0.1) is 0 Å². The van der Waals surface area contributed by atoms with E-state index in [1.165, 1.54) is 24.3 Å². The van der Waals surface area contributed by atoms with Crippen LogP contribution in [0.5, 0.6) is 0 Å². The molecule has 1 aromatic rings. The quantitative estimate of drug-likeness (QED) is 0.791. The molecule has 0 radical (unpaired) electrons. The van der Waals surface area contributed by atoms with Crippen LogP contribution < -0.4 is 5.73 Å². The molecule has 1 nitrogen and oxygen atoms in total. The van der Waals surface area contributed by atoms with Crippen molar-refractivity contribution in [2.75, 3.05) is 6.54 Å². The van der Waals surface area contributed by atoms with E-state index in [0.717, 1.165) is 12.8 Å². The Morgan fingerprint density at radius 1 is 1.29 bits per heavy atom. The van der Waals surface area contributed by atoms with Gasteiger partial charge in [0, 0.05) is 12.0 Å². The highest BCUT2D eigenvalue weighted by Crippen LogP contribution is 2.55. The monoisotopic (exact) mass is 197 g/mol. The van der Waals surface area contributed by atoms with Crippen molar-refractivity contribution in [1.29, 1.82) is 0 Å². The number of rotatable bonds is 3. The zero-order chi connectivity index (χ0) is 10.2. The molecule has 0 amide bonds. The molecular weight excluding hydrogens is 184 g/mol. The van der Waals surface area contributed by atoms with Crippen LogP contribution >= 0.6 is 0 Å². The topological polar surface area (TPSA) is 26.0 Å². The summed E-state index contributed by atoms with van der Waals surface area (Å²) in [6.45, 7) is 0.367. The van der Waals surface area contributed by atoms with Gasteiger partial charge in [0.05, 0.1) is 0 Å². The van der Waals surface area contributed by atoms with Gasteiger partial charge in [-0.05, 0) is 30.5 Å². The maximum absolute atomic E-state index is 13.9. The SMILES string of the molecule is NCC1(C(F)c2ccc(F)cc2)CC1. The van der Waals surface area contributed by atoms with Gasteiger partial charge < -0.3 is 5.73 Å². The Hall–Kier alpha value is -0.960. The average Bonchev–Trinajstić information content (AvgIpc) is 2.99.